The van der Waals surface area contributed by atoms with E-state index in [-0.39, 0.29) is 43.4 Å². The van der Waals surface area contributed by atoms with Crippen LogP contribution in [0.1, 0.15) is 91.0 Å². The predicted molar refractivity (Wildman–Crippen MR) is 117 cm³/mol. The second kappa shape index (κ2) is 18.8. The molecule has 0 N–H and O–H groups in total. The Labute approximate surface area is 194 Å². The normalized spacial score (nSPS) is 10.9. The Hall–Kier alpha value is 0.470. The number of halogens is 1. The van der Waals surface area contributed by atoms with Gasteiger partial charge in [0.15, 0.2) is 0 Å². The van der Waals surface area contributed by atoms with E-state index in [2.05, 4.69) is 51.4 Å². The van der Waals surface area contributed by atoms with Crippen LogP contribution in [0.3, 0.4) is 0 Å². The molecule has 0 spiro atoms. The standard InChI is InChI=1S/C23H42N.ClH.Na.H/c1-4-5-6-7-8-9-10-11-12-13-14-18-21-24(2,3)22-23-19-16-15-17-20-23;;;/h15-17,19-20H,4-14,18,21-22H2,1-3H3;1H;;/q+1;;+1;-1. The molecular formula is C23H44ClNNa+. The minimum atomic E-state index is 0. The molecule has 1 aromatic rings. The van der Waals surface area contributed by atoms with E-state index in [9.17, 15) is 0 Å². The molecular weight excluding hydrogens is 349 g/mol. The third-order valence-electron chi connectivity index (χ3n) is 5.07. The summed E-state index contributed by atoms with van der Waals surface area (Å²) >= 11 is 0. The topological polar surface area (TPSA) is 0 Å². The second-order valence-electron chi connectivity index (χ2n) is 8.19. The summed E-state index contributed by atoms with van der Waals surface area (Å²) in [7, 11) is 4.73. The molecule has 0 fully saturated rings. The number of quaternary nitrogens is 1. The Morgan fingerprint density at radius 1 is 0.692 bits per heavy atom. The Kier molecular flexibility index (Phi) is 20.8. The van der Waals surface area contributed by atoms with Gasteiger partial charge in [0.25, 0.3) is 0 Å². The summed E-state index contributed by atoms with van der Waals surface area (Å²) in [4.78, 5) is 0. The zero-order chi connectivity index (χ0) is 17.5. The van der Waals surface area contributed by atoms with Crippen molar-refractivity contribution < 1.29 is 35.5 Å². The molecule has 0 aliphatic carbocycles. The zero-order valence-electron chi connectivity index (χ0n) is 19.1. The van der Waals surface area contributed by atoms with Crippen LogP contribution in [0.2, 0.25) is 0 Å². The molecule has 1 nitrogen and oxygen atoms in total. The number of hydrogen-bond acceptors (Lipinski definition) is 0. The molecule has 0 saturated heterocycles. The fourth-order valence-corrected chi connectivity index (χ4v) is 3.54. The Bertz CT molecular complexity index is 401. The average Bonchev–Trinajstić information content (AvgIpc) is 2.56. The first-order valence-corrected chi connectivity index (χ1v) is 10.5. The van der Waals surface area contributed by atoms with Crippen LogP contribution in [0.4, 0.5) is 0 Å². The molecule has 148 valence electrons. The summed E-state index contributed by atoms with van der Waals surface area (Å²) < 4.78 is 1.11. The third-order valence-corrected chi connectivity index (χ3v) is 5.07. The third kappa shape index (κ3) is 16.6. The summed E-state index contributed by atoms with van der Waals surface area (Å²) in [5, 5.41) is 0. The molecule has 0 saturated carbocycles. The Morgan fingerprint density at radius 3 is 1.58 bits per heavy atom. The molecule has 0 aliphatic rings. The van der Waals surface area contributed by atoms with Crippen LogP contribution < -0.4 is 29.6 Å². The molecule has 0 aromatic heterocycles. The molecule has 1 aromatic carbocycles. The summed E-state index contributed by atoms with van der Waals surface area (Å²) in [5.41, 5.74) is 1.46. The molecule has 0 heterocycles. The van der Waals surface area contributed by atoms with Crippen molar-refractivity contribution in [1.29, 1.82) is 0 Å². The SMILES string of the molecule is CCCCCCCCCCCCCC[N+](C)(C)Cc1ccccc1.Cl.[H-].[Na+]. The van der Waals surface area contributed by atoms with Gasteiger partial charge in [0.2, 0.25) is 0 Å². The maximum Gasteiger partial charge on any atom is 1.00 e. The fraction of sp³-hybridized carbons (Fsp3) is 0.739. The van der Waals surface area contributed by atoms with Crippen molar-refractivity contribution in [2.75, 3.05) is 20.6 Å². The van der Waals surface area contributed by atoms with Crippen LogP contribution in [0.5, 0.6) is 0 Å². The minimum absolute atomic E-state index is 0. The van der Waals surface area contributed by atoms with Gasteiger partial charge in [-0.05, 0) is 12.8 Å². The van der Waals surface area contributed by atoms with Crippen LogP contribution in [0.25, 0.3) is 0 Å². The zero-order valence-corrected chi connectivity index (χ0v) is 21.0. The number of benzene rings is 1. The van der Waals surface area contributed by atoms with Gasteiger partial charge in [-0.3, -0.25) is 0 Å². The van der Waals surface area contributed by atoms with Gasteiger partial charge < -0.3 is 5.91 Å². The fourth-order valence-electron chi connectivity index (χ4n) is 3.54. The van der Waals surface area contributed by atoms with Crippen molar-refractivity contribution >= 4 is 12.4 Å². The van der Waals surface area contributed by atoms with Crippen molar-refractivity contribution in [2.24, 2.45) is 0 Å². The van der Waals surface area contributed by atoms with Crippen LogP contribution >= 0.6 is 12.4 Å². The van der Waals surface area contributed by atoms with E-state index >= 15 is 0 Å². The van der Waals surface area contributed by atoms with Crippen molar-refractivity contribution in [3.05, 3.63) is 35.9 Å². The molecule has 26 heavy (non-hydrogen) atoms. The summed E-state index contributed by atoms with van der Waals surface area (Å²) in [6.07, 6.45) is 17.2. The van der Waals surface area contributed by atoms with Gasteiger partial charge in [-0.15, -0.1) is 12.4 Å². The van der Waals surface area contributed by atoms with E-state index in [4.69, 9.17) is 0 Å². The van der Waals surface area contributed by atoms with Gasteiger partial charge in [-0.1, -0.05) is 101 Å². The number of unbranched alkanes of at least 4 members (excludes halogenated alkanes) is 11. The molecule has 3 heteroatoms. The van der Waals surface area contributed by atoms with Crippen molar-refractivity contribution in [3.63, 3.8) is 0 Å². The van der Waals surface area contributed by atoms with Gasteiger partial charge in [0, 0.05) is 5.56 Å². The first kappa shape index (κ1) is 28.7. The predicted octanol–water partition coefficient (Wildman–Crippen LogP) is 4.50. The summed E-state index contributed by atoms with van der Waals surface area (Å²) in [6, 6.07) is 10.9. The smallest absolute Gasteiger partial charge is 1.00 e. The minimum Gasteiger partial charge on any atom is -1.00 e. The average molecular weight is 393 g/mol. The molecule has 0 amide bonds. The van der Waals surface area contributed by atoms with E-state index in [1.165, 1.54) is 89.2 Å². The maximum atomic E-state index is 2.37. The van der Waals surface area contributed by atoms with Gasteiger partial charge in [-0.2, -0.15) is 0 Å². The van der Waals surface area contributed by atoms with Gasteiger partial charge in [0.1, 0.15) is 6.54 Å². The molecule has 0 atom stereocenters. The van der Waals surface area contributed by atoms with Crippen molar-refractivity contribution in [1.82, 2.24) is 0 Å². The van der Waals surface area contributed by atoms with E-state index in [1.807, 2.05) is 0 Å². The number of rotatable bonds is 15. The molecule has 0 unspecified atom stereocenters. The van der Waals surface area contributed by atoms with Crippen molar-refractivity contribution in [2.45, 2.75) is 90.5 Å². The van der Waals surface area contributed by atoms with Crippen LogP contribution in [0.15, 0.2) is 30.3 Å². The molecule has 1 rings (SSSR count). The van der Waals surface area contributed by atoms with E-state index in [0.29, 0.717) is 0 Å². The molecule has 0 bridgehead atoms. The molecule has 0 radical (unpaired) electrons. The Balaban J connectivity index is -0.00000192. The first-order chi connectivity index (χ1) is 11.6. The number of hydrogen-bond donors (Lipinski definition) is 0. The first-order valence-electron chi connectivity index (χ1n) is 10.5. The quantitative estimate of drug-likeness (QED) is 0.234. The van der Waals surface area contributed by atoms with Crippen LogP contribution in [0, 0.1) is 0 Å². The van der Waals surface area contributed by atoms with E-state index in [1.54, 1.807) is 0 Å². The van der Waals surface area contributed by atoms with Gasteiger partial charge in [-0.25, -0.2) is 0 Å². The molecule has 0 aliphatic heterocycles. The van der Waals surface area contributed by atoms with Gasteiger partial charge >= 0.3 is 29.6 Å². The monoisotopic (exact) mass is 392 g/mol. The van der Waals surface area contributed by atoms with E-state index in [0.717, 1.165) is 11.0 Å². The summed E-state index contributed by atoms with van der Waals surface area (Å²) in [6.45, 7) is 4.74. The number of nitrogens with zero attached hydrogens (tertiary/aromatic N) is 1. The van der Waals surface area contributed by atoms with Crippen molar-refractivity contribution in [3.8, 4) is 0 Å². The largest absolute Gasteiger partial charge is 1.00 e. The Morgan fingerprint density at radius 2 is 1.12 bits per heavy atom. The van der Waals surface area contributed by atoms with Crippen LogP contribution in [-0.2, 0) is 6.54 Å². The maximum absolute atomic E-state index is 2.37. The van der Waals surface area contributed by atoms with Crippen LogP contribution in [-0.4, -0.2) is 25.1 Å². The summed E-state index contributed by atoms with van der Waals surface area (Å²) in [5.74, 6) is 0. The van der Waals surface area contributed by atoms with E-state index < -0.39 is 0 Å². The van der Waals surface area contributed by atoms with Gasteiger partial charge in [0.05, 0.1) is 20.6 Å². The second-order valence-corrected chi connectivity index (χ2v) is 8.19.